The number of hydrogen-bond acceptors (Lipinski definition) is 5. The van der Waals surface area contributed by atoms with Gasteiger partial charge in [0.15, 0.2) is 5.82 Å². The van der Waals surface area contributed by atoms with Crippen molar-refractivity contribution < 1.29 is 4.79 Å². The number of piperidine rings is 1. The third-order valence-corrected chi connectivity index (χ3v) is 7.51. The molecule has 0 saturated carbocycles. The summed E-state index contributed by atoms with van der Waals surface area (Å²) in [5, 5.41) is 11.0. The van der Waals surface area contributed by atoms with Gasteiger partial charge in [-0.1, -0.05) is 54.6 Å². The van der Waals surface area contributed by atoms with E-state index >= 15 is 0 Å². The van der Waals surface area contributed by atoms with Crippen LogP contribution in [0.2, 0.25) is 0 Å². The maximum atomic E-state index is 13.1. The normalized spacial score (nSPS) is 16.0. The van der Waals surface area contributed by atoms with Crippen LogP contribution in [0.4, 0.5) is 5.69 Å². The van der Waals surface area contributed by atoms with E-state index in [1.807, 2.05) is 47.4 Å². The van der Waals surface area contributed by atoms with Crippen molar-refractivity contribution in [1.82, 2.24) is 25.4 Å². The topological polar surface area (TPSA) is 77.1 Å². The molecule has 2 aliphatic rings. The fourth-order valence-electron chi connectivity index (χ4n) is 5.34. The van der Waals surface area contributed by atoms with Crippen molar-refractivity contribution in [2.45, 2.75) is 38.4 Å². The number of carbonyl (C=O) groups excluding carboxylic acids is 1. The van der Waals surface area contributed by atoms with Crippen molar-refractivity contribution in [3.05, 3.63) is 101 Å². The van der Waals surface area contributed by atoms with Gasteiger partial charge in [-0.05, 0) is 54.7 Å². The largest absolute Gasteiger partial charge is 0.371 e. The lowest BCUT2D eigenvalue weighted by Crippen LogP contribution is -2.42. The zero-order valence-electron chi connectivity index (χ0n) is 20.9. The highest BCUT2D eigenvalue weighted by Crippen LogP contribution is 2.24. The minimum Gasteiger partial charge on any atom is -0.371 e. The first-order chi connectivity index (χ1) is 18.2. The molecule has 0 radical (unpaired) electrons. The highest BCUT2D eigenvalue weighted by Gasteiger charge is 2.23. The van der Waals surface area contributed by atoms with Crippen LogP contribution in [0, 0.1) is 0 Å². The Bertz CT molecular complexity index is 1340. The molecule has 0 aliphatic carbocycles. The monoisotopic (exact) mass is 492 g/mol. The Labute approximate surface area is 217 Å². The van der Waals surface area contributed by atoms with Gasteiger partial charge in [0, 0.05) is 49.0 Å². The maximum Gasteiger partial charge on any atom is 0.254 e. The van der Waals surface area contributed by atoms with Crippen molar-refractivity contribution >= 4 is 11.6 Å². The second-order valence-electron chi connectivity index (χ2n) is 9.91. The summed E-state index contributed by atoms with van der Waals surface area (Å²) < 4.78 is 0. The van der Waals surface area contributed by atoms with Gasteiger partial charge in [-0.15, -0.1) is 0 Å². The molecule has 1 saturated heterocycles. The molecule has 7 heteroatoms. The fraction of sp³-hybridized carbons (Fsp3) is 0.300. The van der Waals surface area contributed by atoms with E-state index in [-0.39, 0.29) is 5.91 Å². The van der Waals surface area contributed by atoms with Gasteiger partial charge < -0.3 is 15.1 Å². The average molecular weight is 493 g/mol. The minimum absolute atomic E-state index is 0.117. The number of hydrogen-bond donors (Lipinski definition) is 2. The molecule has 0 bridgehead atoms. The number of rotatable bonds is 6. The van der Waals surface area contributed by atoms with Gasteiger partial charge >= 0.3 is 0 Å². The number of fused-ring (bicyclic) bond motifs is 1. The molecule has 2 N–H and O–H groups in total. The number of aromatic nitrogens is 3. The standard InChI is InChI=1S/C30H32N6O/c37-30(36-17-14-22-6-4-5-9-25(22)21-36)24-10-12-27(13-11-24)35-18-15-26(16-19-35)31-20-28-32-29(34-33-28)23-7-2-1-3-8-23/h1-13,26,31H,14-21H2,(H,32,33,34). The molecule has 37 heavy (non-hydrogen) atoms. The Morgan fingerprint density at radius 1 is 0.892 bits per heavy atom. The number of nitrogens with one attached hydrogen (secondary N) is 2. The van der Waals surface area contributed by atoms with Crippen molar-refractivity contribution in [2.24, 2.45) is 0 Å². The number of carbonyl (C=O) groups is 1. The van der Waals surface area contributed by atoms with Crippen LogP contribution in [-0.4, -0.2) is 51.7 Å². The van der Waals surface area contributed by atoms with Gasteiger partial charge in [-0.25, -0.2) is 4.98 Å². The van der Waals surface area contributed by atoms with E-state index in [0.717, 1.165) is 61.7 Å². The van der Waals surface area contributed by atoms with E-state index in [0.29, 0.717) is 19.1 Å². The van der Waals surface area contributed by atoms with Gasteiger partial charge in [0.05, 0.1) is 6.54 Å². The second-order valence-corrected chi connectivity index (χ2v) is 9.91. The van der Waals surface area contributed by atoms with E-state index in [9.17, 15) is 4.79 Å². The smallest absolute Gasteiger partial charge is 0.254 e. The van der Waals surface area contributed by atoms with Crippen LogP contribution in [0.1, 0.15) is 40.2 Å². The predicted molar refractivity (Wildman–Crippen MR) is 145 cm³/mol. The van der Waals surface area contributed by atoms with E-state index in [1.54, 1.807) is 0 Å². The Morgan fingerprint density at radius 3 is 2.41 bits per heavy atom. The SMILES string of the molecule is O=C(c1ccc(N2CCC(NCc3nc(-c4ccccc4)n[nH]3)CC2)cc1)N1CCc2ccccc2C1. The Kier molecular flexibility index (Phi) is 6.69. The second kappa shape index (κ2) is 10.6. The number of anilines is 1. The highest BCUT2D eigenvalue weighted by molar-refractivity contribution is 5.94. The Morgan fingerprint density at radius 2 is 1.62 bits per heavy atom. The molecule has 6 rings (SSSR count). The summed E-state index contributed by atoms with van der Waals surface area (Å²) in [7, 11) is 0. The number of amides is 1. The Hall–Kier alpha value is -3.97. The lowest BCUT2D eigenvalue weighted by molar-refractivity contribution is 0.0734. The summed E-state index contributed by atoms with van der Waals surface area (Å²) in [6.07, 6.45) is 3.05. The van der Waals surface area contributed by atoms with Crippen LogP contribution in [0.25, 0.3) is 11.4 Å². The molecular formula is C30H32N6O. The molecule has 3 aromatic carbocycles. The highest BCUT2D eigenvalue weighted by atomic mass is 16.2. The summed E-state index contributed by atoms with van der Waals surface area (Å²) in [6.45, 7) is 4.13. The van der Waals surface area contributed by atoms with Crippen LogP contribution in [0.5, 0.6) is 0 Å². The summed E-state index contributed by atoms with van der Waals surface area (Å²) in [4.78, 5) is 22.1. The molecule has 0 unspecified atom stereocenters. The predicted octanol–water partition coefficient (Wildman–Crippen LogP) is 4.43. The molecule has 1 fully saturated rings. The summed E-state index contributed by atoms with van der Waals surface area (Å²) in [5.74, 6) is 1.71. The number of H-pyrrole nitrogens is 1. The molecule has 4 aromatic rings. The molecule has 2 aliphatic heterocycles. The quantitative estimate of drug-likeness (QED) is 0.417. The van der Waals surface area contributed by atoms with Crippen LogP contribution < -0.4 is 10.2 Å². The first kappa shape index (κ1) is 23.4. The minimum atomic E-state index is 0.117. The van der Waals surface area contributed by atoms with E-state index in [4.69, 9.17) is 0 Å². The number of aromatic amines is 1. The lowest BCUT2D eigenvalue weighted by Gasteiger charge is -2.34. The molecule has 0 spiro atoms. The van der Waals surface area contributed by atoms with Crippen molar-refractivity contribution in [3.63, 3.8) is 0 Å². The first-order valence-electron chi connectivity index (χ1n) is 13.1. The summed E-state index contributed by atoms with van der Waals surface area (Å²) in [6, 6.07) is 27.1. The van der Waals surface area contributed by atoms with Crippen molar-refractivity contribution in [3.8, 4) is 11.4 Å². The first-order valence-corrected chi connectivity index (χ1v) is 13.1. The van der Waals surface area contributed by atoms with Crippen LogP contribution in [0.15, 0.2) is 78.9 Å². The van der Waals surface area contributed by atoms with Gasteiger partial charge in [-0.3, -0.25) is 9.89 Å². The zero-order valence-corrected chi connectivity index (χ0v) is 20.9. The van der Waals surface area contributed by atoms with Gasteiger partial charge in [-0.2, -0.15) is 5.10 Å². The van der Waals surface area contributed by atoms with E-state index in [1.165, 1.54) is 16.8 Å². The molecule has 1 aromatic heterocycles. The van der Waals surface area contributed by atoms with Crippen LogP contribution in [0.3, 0.4) is 0 Å². The van der Waals surface area contributed by atoms with Crippen molar-refractivity contribution in [2.75, 3.05) is 24.5 Å². The van der Waals surface area contributed by atoms with Crippen LogP contribution >= 0.6 is 0 Å². The fourth-order valence-corrected chi connectivity index (χ4v) is 5.34. The van der Waals surface area contributed by atoms with E-state index in [2.05, 4.69) is 61.8 Å². The number of benzene rings is 3. The zero-order chi connectivity index (χ0) is 25.0. The maximum absolute atomic E-state index is 13.1. The van der Waals surface area contributed by atoms with Crippen LogP contribution in [-0.2, 0) is 19.5 Å². The number of nitrogens with zero attached hydrogens (tertiary/aromatic N) is 4. The molecule has 188 valence electrons. The molecule has 0 atom stereocenters. The summed E-state index contributed by atoms with van der Waals surface area (Å²) >= 11 is 0. The third-order valence-electron chi connectivity index (χ3n) is 7.51. The van der Waals surface area contributed by atoms with Crippen molar-refractivity contribution in [1.29, 1.82) is 0 Å². The average Bonchev–Trinajstić information content (AvgIpc) is 3.45. The molecular weight excluding hydrogens is 460 g/mol. The van der Waals surface area contributed by atoms with Gasteiger partial charge in [0.1, 0.15) is 5.82 Å². The molecule has 3 heterocycles. The molecule has 7 nitrogen and oxygen atoms in total. The molecule has 1 amide bonds. The van der Waals surface area contributed by atoms with Gasteiger partial charge in [0.2, 0.25) is 0 Å². The van der Waals surface area contributed by atoms with Gasteiger partial charge in [0.25, 0.3) is 5.91 Å². The lowest BCUT2D eigenvalue weighted by atomic mass is 9.99. The Balaban J connectivity index is 0.990. The van der Waals surface area contributed by atoms with E-state index < -0.39 is 0 Å². The third kappa shape index (κ3) is 5.27. The summed E-state index contributed by atoms with van der Waals surface area (Å²) in [5.41, 5.74) is 5.59.